The van der Waals surface area contributed by atoms with Gasteiger partial charge in [0, 0.05) is 25.4 Å². The number of rotatable bonds is 6. The van der Waals surface area contributed by atoms with Crippen LogP contribution in [0.4, 0.5) is 5.82 Å². The first-order valence-electron chi connectivity index (χ1n) is 6.72. The van der Waals surface area contributed by atoms with Gasteiger partial charge in [-0.05, 0) is 30.7 Å². The minimum Gasteiger partial charge on any atom is -0.496 e. The highest BCUT2D eigenvalue weighted by Crippen LogP contribution is 2.21. The van der Waals surface area contributed by atoms with E-state index in [2.05, 4.69) is 22.0 Å². The number of hydrogen-bond acceptors (Lipinski definition) is 4. The van der Waals surface area contributed by atoms with E-state index in [1.165, 1.54) is 5.56 Å². The molecular formula is C16H21N3O. The smallest absolute Gasteiger partial charge is 0.128 e. The van der Waals surface area contributed by atoms with Crippen LogP contribution in [-0.2, 0) is 13.0 Å². The fourth-order valence-electron chi connectivity index (χ4n) is 2.13. The van der Waals surface area contributed by atoms with E-state index in [0.29, 0.717) is 6.54 Å². The summed E-state index contributed by atoms with van der Waals surface area (Å²) in [6, 6.07) is 12.1. The molecule has 2 N–H and O–H groups in total. The lowest BCUT2D eigenvalue weighted by atomic mass is 10.2. The molecule has 0 aliphatic carbocycles. The summed E-state index contributed by atoms with van der Waals surface area (Å²) in [4.78, 5) is 6.58. The van der Waals surface area contributed by atoms with Gasteiger partial charge in [-0.2, -0.15) is 0 Å². The number of nitrogens with zero attached hydrogens (tertiary/aromatic N) is 2. The summed E-state index contributed by atoms with van der Waals surface area (Å²) in [5.74, 6) is 1.84. The standard InChI is InChI=1S/C16H21N3O/c1-19(12-14-5-3-4-6-15(14)20-2)16-8-7-13(9-10-17)11-18-16/h3-8,11H,9-10,12,17H2,1-2H3. The quantitative estimate of drug-likeness (QED) is 0.875. The molecule has 0 unspecified atom stereocenters. The second-order valence-electron chi connectivity index (χ2n) is 4.73. The summed E-state index contributed by atoms with van der Waals surface area (Å²) >= 11 is 0. The summed E-state index contributed by atoms with van der Waals surface area (Å²) in [7, 11) is 3.72. The molecule has 0 bridgehead atoms. The Morgan fingerprint density at radius 1 is 1.20 bits per heavy atom. The van der Waals surface area contributed by atoms with E-state index in [9.17, 15) is 0 Å². The van der Waals surface area contributed by atoms with Gasteiger partial charge in [0.15, 0.2) is 0 Å². The maximum absolute atomic E-state index is 5.54. The van der Waals surface area contributed by atoms with Crippen LogP contribution in [0.25, 0.3) is 0 Å². The van der Waals surface area contributed by atoms with E-state index in [4.69, 9.17) is 10.5 Å². The Bertz CT molecular complexity index is 540. The molecule has 2 rings (SSSR count). The molecule has 2 aromatic rings. The molecule has 106 valence electrons. The lowest BCUT2D eigenvalue weighted by molar-refractivity contribution is 0.409. The number of methoxy groups -OCH3 is 1. The van der Waals surface area contributed by atoms with Crippen LogP contribution in [0.5, 0.6) is 5.75 Å². The van der Waals surface area contributed by atoms with Crippen LogP contribution in [0, 0.1) is 0 Å². The lowest BCUT2D eigenvalue weighted by Gasteiger charge is -2.19. The van der Waals surface area contributed by atoms with Gasteiger partial charge in [0.2, 0.25) is 0 Å². The van der Waals surface area contributed by atoms with Crippen molar-refractivity contribution < 1.29 is 4.74 Å². The predicted octanol–water partition coefficient (Wildman–Crippen LogP) is 2.23. The second kappa shape index (κ2) is 6.91. The number of hydrogen-bond donors (Lipinski definition) is 1. The number of pyridine rings is 1. The van der Waals surface area contributed by atoms with E-state index >= 15 is 0 Å². The monoisotopic (exact) mass is 271 g/mol. The Morgan fingerprint density at radius 3 is 2.65 bits per heavy atom. The number of nitrogens with two attached hydrogens (primary N) is 1. The van der Waals surface area contributed by atoms with Crippen LogP contribution < -0.4 is 15.4 Å². The van der Waals surface area contributed by atoms with E-state index < -0.39 is 0 Å². The van der Waals surface area contributed by atoms with Crippen molar-refractivity contribution in [2.24, 2.45) is 5.73 Å². The third kappa shape index (κ3) is 3.48. The van der Waals surface area contributed by atoms with Gasteiger partial charge in [-0.25, -0.2) is 4.98 Å². The molecule has 0 saturated carbocycles. The summed E-state index contributed by atoms with van der Waals surface area (Å²) in [6.07, 6.45) is 2.75. The minimum absolute atomic E-state index is 0.651. The highest BCUT2D eigenvalue weighted by Gasteiger charge is 2.07. The van der Waals surface area contributed by atoms with Gasteiger partial charge in [-0.3, -0.25) is 0 Å². The van der Waals surface area contributed by atoms with E-state index in [0.717, 1.165) is 30.1 Å². The Balaban J connectivity index is 2.09. The van der Waals surface area contributed by atoms with Gasteiger partial charge >= 0.3 is 0 Å². The number of benzene rings is 1. The maximum atomic E-state index is 5.54. The Morgan fingerprint density at radius 2 is 2.00 bits per heavy atom. The molecule has 1 heterocycles. The Labute approximate surface area is 120 Å². The molecule has 1 aromatic heterocycles. The van der Waals surface area contributed by atoms with E-state index in [-0.39, 0.29) is 0 Å². The highest BCUT2D eigenvalue weighted by molar-refractivity contribution is 5.42. The average Bonchev–Trinajstić information content (AvgIpc) is 2.49. The summed E-state index contributed by atoms with van der Waals surface area (Å²) < 4.78 is 5.37. The molecule has 0 radical (unpaired) electrons. The minimum atomic E-state index is 0.651. The molecule has 0 atom stereocenters. The first-order chi connectivity index (χ1) is 9.74. The fourth-order valence-corrected chi connectivity index (χ4v) is 2.13. The van der Waals surface area contributed by atoms with Gasteiger partial charge < -0.3 is 15.4 Å². The summed E-state index contributed by atoms with van der Waals surface area (Å²) in [5.41, 5.74) is 7.85. The average molecular weight is 271 g/mol. The van der Waals surface area contributed by atoms with Crippen molar-refractivity contribution in [2.45, 2.75) is 13.0 Å². The molecule has 0 aliphatic heterocycles. The topological polar surface area (TPSA) is 51.4 Å². The number of ether oxygens (including phenoxy) is 1. The zero-order valence-electron chi connectivity index (χ0n) is 12.0. The Hall–Kier alpha value is -2.07. The van der Waals surface area contributed by atoms with Crippen LogP contribution in [0.2, 0.25) is 0 Å². The van der Waals surface area contributed by atoms with Crippen LogP contribution in [-0.4, -0.2) is 25.7 Å². The van der Waals surface area contributed by atoms with Crippen molar-refractivity contribution in [1.82, 2.24) is 4.98 Å². The van der Waals surface area contributed by atoms with Gasteiger partial charge in [-0.15, -0.1) is 0 Å². The zero-order chi connectivity index (χ0) is 14.4. The SMILES string of the molecule is COc1ccccc1CN(C)c1ccc(CCN)cn1. The molecule has 0 spiro atoms. The Kier molecular flexibility index (Phi) is 4.96. The fraction of sp³-hybridized carbons (Fsp3) is 0.312. The summed E-state index contributed by atoms with van der Waals surface area (Å²) in [6.45, 7) is 1.41. The molecule has 20 heavy (non-hydrogen) atoms. The molecule has 4 nitrogen and oxygen atoms in total. The van der Waals surface area contributed by atoms with Crippen molar-refractivity contribution >= 4 is 5.82 Å². The third-order valence-electron chi connectivity index (χ3n) is 3.23. The van der Waals surface area contributed by atoms with Gasteiger partial charge in [0.25, 0.3) is 0 Å². The van der Waals surface area contributed by atoms with Crippen LogP contribution in [0.3, 0.4) is 0 Å². The summed E-state index contributed by atoms with van der Waals surface area (Å²) in [5, 5.41) is 0. The van der Waals surface area contributed by atoms with Crippen molar-refractivity contribution in [3.63, 3.8) is 0 Å². The third-order valence-corrected chi connectivity index (χ3v) is 3.23. The van der Waals surface area contributed by atoms with Gasteiger partial charge in [0.05, 0.1) is 7.11 Å². The molecule has 1 aromatic carbocycles. The molecule has 0 fully saturated rings. The maximum Gasteiger partial charge on any atom is 0.128 e. The van der Waals surface area contributed by atoms with Crippen LogP contribution in [0.15, 0.2) is 42.6 Å². The van der Waals surface area contributed by atoms with Crippen LogP contribution in [0.1, 0.15) is 11.1 Å². The van der Waals surface area contributed by atoms with Crippen molar-refractivity contribution in [2.75, 3.05) is 25.6 Å². The van der Waals surface area contributed by atoms with Gasteiger partial charge in [0.1, 0.15) is 11.6 Å². The van der Waals surface area contributed by atoms with Crippen molar-refractivity contribution in [1.29, 1.82) is 0 Å². The first-order valence-corrected chi connectivity index (χ1v) is 6.72. The largest absolute Gasteiger partial charge is 0.496 e. The zero-order valence-corrected chi connectivity index (χ0v) is 12.0. The normalized spacial score (nSPS) is 10.3. The highest BCUT2D eigenvalue weighted by atomic mass is 16.5. The van der Waals surface area contributed by atoms with E-state index in [1.54, 1.807) is 7.11 Å². The molecular weight excluding hydrogens is 250 g/mol. The van der Waals surface area contributed by atoms with Crippen molar-refractivity contribution in [3.05, 3.63) is 53.7 Å². The van der Waals surface area contributed by atoms with Crippen molar-refractivity contribution in [3.8, 4) is 5.75 Å². The molecule has 0 saturated heterocycles. The first kappa shape index (κ1) is 14.3. The number of anilines is 1. The van der Waals surface area contributed by atoms with E-state index in [1.807, 2.05) is 37.5 Å². The molecule has 0 aliphatic rings. The number of para-hydroxylation sites is 1. The molecule has 0 amide bonds. The van der Waals surface area contributed by atoms with Crippen LogP contribution >= 0.6 is 0 Å². The number of aromatic nitrogens is 1. The van der Waals surface area contributed by atoms with Gasteiger partial charge in [-0.1, -0.05) is 24.3 Å². The second-order valence-corrected chi connectivity index (χ2v) is 4.73. The predicted molar refractivity (Wildman–Crippen MR) is 82.1 cm³/mol. The lowest BCUT2D eigenvalue weighted by Crippen LogP contribution is -2.18. The molecule has 4 heteroatoms.